The van der Waals surface area contributed by atoms with E-state index in [0.717, 1.165) is 0 Å². The molecule has 0 spiro atoms. The van der Waals surface area contributed by atoms with Crippen LogP contribution >= 0.6 is 11.6 Å². The van der Waals surface area contributed by atoms with Crippen molar-refractivity contribution in [1.82, 2.24) is 24.3 Å². The van der Waals surface area contributed by atoms with E-state index in [9.17, 15) is 18.7 Å². The van der Waals surface area contributed by atoms with E-state index >= 15 is 0 Å². The molecular weight excluding hydrogens is 508 g/mol. The highest BCUT2D eigenvalue weighted by Crippen LogP contribution is 2.31. The van der Waals surface area contributed by atoms with E-state index in [1.807, 2.05) is 0 Å². The Morgan fingerprint density at radius 2 is 2.08 bits per heavy atom. The molecule has 0 aliphatic carbocycles. The van der Waals surface area contributed by atoms with E-state index in [4.69, 9.17) is 23.8 Å². The third kappa shape index (κ3) is 4.92. The van der Waals surface area contributed by atoms with Gasteiger partial charge in [0, 0.05) is 30.1 Å². The molecule has 12 heteroatoms. The molecule has 0 atom stereocenters. The van der Waals surface area contributed by atoms with E-state index < -0.39 is 40.1 Å². The molecule has 1 aliphatic heterocycles. The molecular formula is C25H22ClF2N5O4. The van der Waals surface area contributed by atoms with Crippen LogP contribution in [0.1, 0.15) is 40.1 Å². The maximum absolute atomic E-state index is 14.2. The van der Waals surface area contributed by atoms with Crippen molar-refractivity contribution in [2.45, 2.75) is 38.8 Å². The minimum atomic E-state index is -2.87. The second-order valence-corrected chi connectivity index (χ2v) is 9.19. The maximum atomic E-state index is 14.2. The summed E-state index contributed by atoms with van der Waals surface area (Å²) in [6.45, 7) is 0.631. The molecule has 1 aliphatic rings. The molecule has 37 heavy (non-hydrogen) atoms. The molecule has 4 aromatic heterocycles. The van der Waals surface area contributed by atoms with Crippen LogP contribution in [0.25, 0.3) is 11.5 Å². The van der Waals surface area contributed by atoms with Crippen molar-refractivity contribution in [3.63, 3.8) is 0 Å². The molecule has 0 bridgehead atoms. The molecule has 0 aromatic carbocycles. The first-order chi connectivity index (χ1) is 18.3. The average Bonchev–Trinajstić information content (AvgIpc) is 3.35. The monoisotopic (exact) mass is 531 g/mol. The van der Waals surface area contributed by atoms with Gasteiger partial charge in [0.15, 0.2) is 17.4 Å². The maximum Gasteiger partial charge on any atom is 0.278 e. The molecule has 0 radical (unpaired) electrons. The Kier molecular flexibility index (Phi) is 5.78. The summed E-state index contributed by atoms with van der Waals surface area (Å²) in [6.07, 6.45) is 4.54. The Hall–Kier alpha value is -3.83. The van der Waals surface area contributed by atoms with Crippen LogP contribution in [0.2, 0.25) is 5.02 Å². The van der Waals surface area contributed by atoms with Crippen LogP contribution in [0.5, 0.6) is 11.5 Å². The highest BCUT2D eigenvalue weighted by Gasteiger charge is 2.23. The van der Waals surface area contributed by atoms with Gasteiger partial charge in [0.2, 0.25) is 0 Å². The largest absolute Gasteiger partial charge is 0.490 e. The Morgan fingerprint density at radius 3 is 2.81 bits per heavy atom. The highest BCUT2D eigenvalue weighted by molar-refractivity contribution is 6.31. The van der Waals surface area contributed by atoms with Crippen molar-refractivity contribution in [1.29, 1.82) is 0 Å². The summed E-state index contributed by atoms with van der Waals surface area (Å²) in [4.78, 5) is 21.4. The minimum absolute atomic E-state index is 0.300. The Morgan fingerprint density at radius 1 is 1.27 bits per heavy atom. The number of aromatic nitrogens is 5. The van der Waals surface area contributed by atoms with Crippen molar-refractivity contribution >= 4 is 11.6 Å². The van der Waals surface area contributed by atoms with Crippen molar-refractivity contribution in [2.24, 2.45) is 0 Å². The van der Waals surface area contributed by atoms with Crippen LogP contribution in [0.4, 0.5) is 8.78 Å². The van der Waals surface area contributed by atoms with Gasteiger partial charge in [-0.15, -0.1) is 0 Å². The summed E-state index contributed by atoms with van der Waals surface area (Å²) in [6, 6.07) is 5.08. The van der Waals surface area contributed by atoms with E-state index in [1.165, 1.54) is 21.5 Å². The Labute approximate surface area is 217 Å². The third-order valence-corrected chi connectivity index (χ3v) is 5.96. The summed E-state index contributed by atoms with van der Waals surface area (Å²) < 4.78 is 57.8. The lowest BCUT2D eigenvalue weighted by molar-refractivity contribution is 0.0734. The summed E-state index contributed by atoms with van der Waals surface area (Å²) >= 11 is 6.36. The Bertz CT molecular complexity index is 1640. The number of aliphatic hydroxyl groups is 1. The lowest BCUT2D eigenvalue weighted by Crippen LogP contribution is -2.26. The van der Waals surface area contributed by atoms with Gasteiger partial charge in [-0.1, -0.05) is 11.6 Å². The van der Waals surface area contributed by atoms with E-state index in [-0.39, 0.29) is 5.75 Å². The van der Waals surface area contributed by atoms with Crippen molar-refractivity contribution < 1.29 is 26.1 Å². The summed E-state index contributed by atoms with van der Waals surface area (Å²) in [5, 5.41) is 14.1. The van der Waals surface area contributed by atoms with Crippen LogP contribution in [-0.4, -0.2) is 36.0 Å². The zero-order chi connectivity index (χ0) is 28.1. The van der Waals surface area contributed by atoms with Gasteiger partial charge in [0.25, 0.3) is 5.56 Å². The summed E-state index contributed by atoms with van der Waals surface area (Å²) in [7, 11) is 0. The molecule has 9 nitrogen and oxygen atoms in total. The smallest absolute Gasteiger partial charge is 0.278 e. The van der Waals surface area contributed by atoms with Crippen LogP contribution in [0.15, 0.2) is 47.7 Å². The van der Waals surface area contributed by atoms with Crippen molar-refractivity contribution in [3.05, 3.63) is 86.9 Å². The number of halogens is 3. The number of rotatable bonds is 5. The van der Waals surface area contributed by atoms with E-state index in [2.05, 4.69) is 15.1 Å². The van der Waals surface area contributed by atoms with Gasteiger partial charge in [-0.25, -0.2) is 18.4 Å². The van der Waals surface area contributed by atoms with Crippen molar-refractivity contribution in [3.8, 4) is 23.0 Å². The summed E-state index contributed by atoms with van der Waals surface area (Å²) in [5.41, 5.74) is -1.58. The van der Waals surface area contributed by atoms with Crippen LogP contribution in [0, 0.1) is 11.6 Å². The molecule has 5 rings (SSSR count). The average molecular weight is 532 g/mol. The number of ether oxygens (including phenoxy) is 2. The topological polar surface area (TPSA) is 104 Å². The standard InChI is InChI=1S/C25H22ClF2N5O4/c1-25(2,35)21-5-6-32(31-21)22-10-18-20(12-30-22)36-7-3-4-15-9-19(23(26)24(34)33(15)18)37-13-17-16(28)8-14(27)11-29-17/h5-6,8-12,35H,3-4,7,13H2,1-2H3/i13D2. The van der Waals surface area contributed by atoms with Crippen molar-refractivity contribution in [2.75, 3.05) is 6.61 Å². The molecule has 0 amide bonds. The lowest BCUT2D eigenvalue weighted by Gasteiger charge is -2.22. The Balaban J connectivity index is 1.60. The first kappa shape index (κ1) is 22.4. The van der Waals surface area contributed by atoms with Gasteiger partial charge >= 0.3 is 0 Å². The lowest BCUT2D eigenvalue weighted by atomic mass is 10.1. The fourth-order valence-electron chi connectivity index (χ4n) is 3.77. The van der Waals surface area contributed by atoms with E-state index in [1.54, 1.807) is 32.2 Å². The van der Waals surface area contributed by atoms with E-state index in [0.29, 0.717) is 60.4 Å². The quantitative estimate of drug-likeness (QED) is 0.417. The SMILES string of the molecule is [2H]C([2H])(Oc1cc2n(c(=O)c1Cl)-c1cc(-n3ccc(C(C)(C)O)n3)ncc1OCCC2)c1ncc(F)cc1F. The number of pyridine rings is 3. The molecule has 192 valence electrons. The highest BCUT2D eigenvalue weighted by atomic mass is 35.5. The van der Waals surface area contributed by atoms with Gasteiger partial charge in [-0.3, -0.25) is 14.3 Å². The molecule has 0 saturated heterocycles. The predicted molar refractivity (Wildman–Crippen MR) is 130 cm³/mol. The minimum Gasteiger partial charge on any atom is -0.490 e. The first-order valence-electron chi connectivity index (χ1n) is 12.2. The third-order valence-electron chi connectivity index (χ3n) is 5.62. The number of fused-ring (bicyclic) bond motifs is 3. The zero-order valence-corrected chi connectivity index (χ0v) is 20.5. The molecule has 0 saturated carbocycles. The van der Waals surface area contributed by atoms with Gasteiger partial charge < -0.3 is 14.6 Å². The number of aryl methyl sites for hydroxylation is 1. The second kappa shape index (κ2) is 9.56. The fourth-order valence-corrected chi connectivity index (χ4v) is 3.95. The van der Waals surface area contributed by atoms with Gasteiger partial charge in [-0.05, 0) is 32.8 Å². The van der Waals surface area contributed by atoms with Gasteiger partial charge in [0.1, 0.15) is 34.4 Å². The van der Waals surface area contributed by atoms with Gasteiger partial charge in [-0.2, -0.15) is 5.10 Å². The molecule has 0 unspecified atom stereocenters. The number of hydrogen-bond donors (Lipinski definition) is 1. The number of nitrogens with zero attached hydrogens (tertiary/aromatic N) is 5. The zero-order valence-electron chi connectivity index (χ0n) is 21.7. The molecule has 4 aromatic rings. The van der Waals surface area contributed by atoms with Crippen LogP contribution < -0.4 is 15.0 Å². The molecule has 0 fully saturated rings. The second-order valence-electron chi connectivity index (χ2n) is 8.81. The van der Waals surface area contributed by atoms with Crippen LogP contribution in [-0.2, 0) is 18.6 Å². The summed E-state index contributed by atoms with van der Waals surface area (Å²) in [5.74, 6) is -1.93. The molecule has 1 N–H and O–H groups in total. The predicted octanol–water partition coefficient (Wildman–Crippen LogP) is 3.88. The fraction of sp³-hybridized carbons (Fsp3) is 0.280. The number of hydrogen-bond acceptors (Lipinski definition) is 7. The van der Waals surface area contributed by atoms with Crippen LogP contribution in [0.3, 0.4) is 0 Å². The normalized spacial score (nSPS) is 14.4. The van der Waals surface area contributed by atoms with Gasteiger partial charge in [0.05, 0.1) is 33.1 Å². The first-order valence-corrected chi connectivity index (χ1v) is 11.6. The molecule has 5 heterocycles.